The Morgan fingerprint density at radius 1 is 1.38 bits per heavy atom. The van der Waals surface area contributed by atoms with Crippen LogP contribution >= 0.6 is 0 Å². The Balaban J connectivity index is 2.11. The second-order valence-corrected chi connectivity index (χ2v) is 5.05. The quantitative estimate of drug-likeness (QED) is 0.860. The number of benzene rings is 1. The molecule has 4 heteroatoms. The highest BCUT2D eigenvalue weighted by atomic mass is 16.5. The van der Waals surface area contributed by atoms with Gasteiger partial charge < -0.3 is 14.7 Å². The van der Waals surface area contributed by atoms with Crippen LogP contribution in [0, 0.1) is 11.8 Å². The zero-order chi connectivity index (χ0) is 15.1. The minimum Gasteiger partial charge on any atom is -0.395 e. The molecule has 0 unspecified atom stereocenters. The van der Waals surface area contributed by atoms with Crippen LogP contribution in [0.3, 0.4) is 0 Å². The summed E-state index contributed by atoms with van der Waals surface area (Å²) < 4.78 is 5.33. The summed E-state index contributed by atoms with van der Waals surface area (Å²) in [5, 5.41) is 8.79. The molecule has 0 atom stereocenters. The lowest BCUT2D eigenvalue weighted by atomic mass is 10.0. The SMILES string of the molecule is COC1CCN(C(=O)c2ccccc2C#CCCO)CC1. The summed E-state index contributed by atoms with van der Waals surface area (Å²) in [6, 6.07) is 7.39. The van der Waals surface area contributed by atoms with Crippen molar-refractivity contribution in [3.8, 4) is 11.8 Å². The molecule has 21 heavy (non-hydrogen) atoms. The van der Waals surface area contributed by atoms with Crippen LogP contribution in [-0.2, 0) is 4.74 Å². The van der Waals surface area contributed by atoms with Crippen molar-refractivity contribution in [1.29, 1.82) is 0 Å². The highest BCUT2D eigenvalue weighted by Crippen LogP contribution is 2.17. The fourth-order valence-corrected chi connectivity index (χ4v) is 2.46. The van der Waals surface area contributed by atoms with Gasteiger partial charge in [-0.3, -0.25) is 4.79 Å². The van der Waals surface area contributed by atoms with Gasteiger partial charge in [0.25, 0.3) is 5.91 Å². The molecule has 0 spiro atoms. The first-order valence-corrected chi connectivity index (χ1v) is 7.27. The Bertz CT molecular complexity index is 536. The molecule has 1 aliphatic rings. The number of ether oxygens (including phenoxy) is 1. The molecule has 0 saturated carbocycles. The van der Waals surface area contributed by atoms with Gasteiger partial charge in [-0.2, -0.15) is 0 Å². The fourth-order valence-electron chi connectivity index (χ4n) is 2.46. The molecule has 0 aromatic heterocycles. The standard InChI is InChI=1S/C17H21NO3/c1-21-15-9-11-18(12-10-15)17(20)16-8-3-2-6-14(16)7-4-5-13-19/h2-3,6,8,15,19H,5,9-13H2,1H3. The van der Waals surface area contributed by atoms with E-state index in [1.165, 1.54) is 0 Å². The topological polar surface area (TPSA) is 49.8 Å². The van der Waals surface area contributed by atoms with Crippen molar-refractivity contribution in [2.75, 3.05) is 26.8 Å². The van der Waals surface area contributed by atoms with E-state index in [0.717, 1.165) is 31.5 Å². The van der Waals surface area contributed by atoms with Crippen LogP contribution in [0.25, 0.3) is 0 Å². The van der Waals surface area contributed by atoms with Crippen LogP contribution in [0.15, 0.2) is 24.3 Å². The molecule has 1 aromatic carbocycles. The van der Waals surface area contributed by atoms with Gasteiger partial charge in [-0.15, -0.1) is 0 Å². The summed E-state index contributed by atoms with van der Waals surface area (Å²) in [6.07, 6.45) is 2.43. The van der Waals surface area contributed by atoms with Gasteiger partial charge in [0.1, 0.15) is 0 Å². The van der Waals surface area contributed by atoms with E-state index >= 15 is 0 Å². The zero-order valence-corrected chi connectivity index (χ0v) is 12.3. The Kier molecular flexibility index (Phi) is 5.79. The number of methoxy groups -OCH3 is 1. The summed E-state index contributed by atoms with van der Waals surface area (Å²) >= 11 is 0. The van der Waals surface area contributed by atoms with Gasteiger partial charge in [-0.25, -0.2) is 0 Å². The summed E-state index contributed by atoms with van der Waals surface area (Å²) in [4.78, 5) is 14.5. The van der Waals surface area contributed by atoms with Gasteiger partial charge in [-0.05, 0) is 25.0 Å². The molecule has 4 nitrogen and oxygen atoms in total. The summed E-state index contributed by atoms with van der Waals surface area (Å²) in [5.41, 5.74) is 1.36. The van der Waals surface area contributed by atoms with E-state index in [1.807, 2.05) is 29.2 Å². The molecule has 1 saturated heterocycles. The van der Waals surface area contributed by atoms with Crippen molar-refractivity contribution in [2.24, 2.45) is 0 Å². The first-order valence-electron chi connectivity index (χ1n) is 7.27. The number of aliphatic hydroxyl groups excluding tert-OH is 1. The minimum atomic E-state index is 0.0263. The number of amides is 1. The number of carbonyl (C=O) groups excluding carboxylic acids is 1. The summed E-state index contributed by atoms with van der Waals surface area (Å²) in [6.45, 7) is 1.47. The number of nitrogens with zero attached hydrogens (tertiary/aromatic N) is 1. The fraction of sp³-hybridized carbons (Fsp3) is 0.471. The Morgan fingerprint density at radius 2 is 2.10 bits per heavy atom. The lowest BCUT2D eigenvalue weighted by Crippen LogP contribution is -2.40. The van der Waals surface area contributed by atoms with Crippen molar-refractivity contribution in [2.45, 2.75) is 25.4 Å². The van der Waals surface area contributed by atoms with Gasteiger partial charge in [-0.1, -0.05) is 24.0 Å². The van der Waals surface area contributed by atoms with Gasteiger partial charge in [0, 0.05) is 32.2 Å². The summed E-state index contributed by atoms with van der Waals surface area (Å²) in [5.74, 6) is 5.87. The van der Waals surface area contributed by atoms with Gasteiger partial charge >= 0.3 is 0 Å². The monoisotopic (exact) mass is 287 g/mol. The van der Waals surface area contributed by atoms with Crippen molar-refractivity contribution >= 4 is 5.91 Å². The number of piperidine rings is 1. The highest BCUT2D eigenvalue weighted by Gasteiger charge is 2.24. The molecule has 112 valence electrons. The number of likely N-dealkylation sites (tertiary alicyclic amines) is 1. The van der Waals surface area contributed by atoms with E-state index in [-0.39, 0.29) is 18.6 Å². The van der Waals surface area contributed by atoms with Crippen molar-refractivity contribution in [1.82, 2.24) is 4.90 Å². The zero-order valence-electron chi connectivity index (χ0n) is 12.3. The molecule has 1 heterocycles. The maximum Gasteiger partial charge on any atom is 0.255 e. The third-order valence-electron chi connectivity index (χ3n) is 3.68. The van der Waals surface area contributed by atoms with Gasteiger partial charge in [0.15, 0.2) is 0 Å². The van der Waals surface area contributed by atoms with E-state index in [9.17, 15) is 4.79 Å². The number of hydrogen-bond donors (Lipinski definition) is 1. The lowest BCUT2D eigenvalue weighted by Gasteiger charge is -2.31. The van der Waals surface area contributed by atoms with Crippen LogP contribution < -0.4 is 0 Å². The largest absolute Gasteiger partial charge is 0.395 e. The molecule has 0 radical (unpaired) electrons. The Morgan fingerprint density at radius 3 is 2.76 bits per heavy atom. The Hall–Kier alpha value is -1.83. The molecule has 0 bridgehead atoms. The molecular formula is C17H21NO3. The van der Waals surface area contributed by atoms with Gasteiger partial charge in [0.05, 0.1) is 18.3 Å². The average Bonchev–Trinajstić information content (AvgIpc) is 2.55. The molecule has 1 amide bonds. The second-order valence-electron chi connectivity index (χ2n) is 5.05. The molecule has 1 fully saturated rings. The maximum atomic E-state index is 12.6. The molecule has 1 N–H and O–H groups in total. The van der Waals surface area contributed by atoms with Crippen LogP contribution in [-0.4, -0.2) is 48.8 Å². The van der Waals surface area contributed by atoms with E-state index < -0.39 is 0 Å². The van der Waals surface area contributed by atoms with Crippen LogP contribution in [0.1, 0.15) is 35.2 Å². The normalized spacial score (nSPS) is 15.4. The summed E-state index contributed by atoms with van der Waals surface area (Å²) in [7, 11) is 1.72. The number of rotatable bonds is 3. The molecule has 2 rings (SSSR count). The number of aliphatic hydroxyl groups is 1. The van der Waals surface area contributed by atoms with E-state index in [0.29, 0.717) is 12.0 Å². The smallest absolute Gasteiger partial charge is 0.255 e. The molecule has 0 aliphatic carbocycles. The molecule has 1 aliphatic heterocycles. The number of carbonyl (C=O) groups is 1. The van der Waals surface area contributed by atoms with Crippen molar-refractivity contribution in [3.05, 3.63) is 35.4 Å². The number of hydrogen-bond acceptors (Lipinski definition) is 3. The van der Waals surface area contributed by atoms with Crippen LogP contribution in [0.2, 0.25) is 0 Å². The third-order valence-corrected chi connectivity index (χ3v) is 3.68. The maximum absolute atomic E-state index is 12.6. The first kappa shape index (κ1) is 15.6. The highest BCUT2D eigenvalue weighted by molar-refractivity contribution is 5.96. The predicted octanol–water partition coefficient (Wildman–Crippen LogP) is 1.67. The van der Waals surface area contributed by atoms with Gasteiger partial charge in [0.2, 0.25) is 0 Å². The Labute approximate surface area is 125 Å². The second kappa shape index (κ2) is 7.82. The lowest BCUT2D eigenvalue weighted by molar-refractivity contribution is 0.0350. The van der Waals surface area contributed by atoms with E-state index in [1.54, 1.807) is 7.11 Å². The molecule has 1 aromatic rings. The average molecular weight is 287 g/mol. The van der Waals surface area contributed by atoms with E-state index in [4.69, 9.17) is 9.84 Å². The third kappa shape index (κ3) is 4.07. The van der Waals surface area contributed by atoms with Crippen molar-refractivity contribution < 1.29 is 14.6 Å². The minimum absolute atomic E-state index is 0.0263. The van der Waals surface area contributed by atoms with E-state index in [2.05, 4.69) is 11.8 Å². The van der Waals surface area contributed by atoms with Crippen molar-refractivity contribution in [3.63, 3.8) is 0 Å². The predicted molar refractivity (Wildman–Crippen MR) is 81.0 cm³/mol. The van der Waals surface area contributed by atoms with Crippen LogP contribution in [0.4, 0.5) is 0 Å². The first-order chi connectivity index (χ1) is 10.3. The molecular weight excluding hydrogens is 266 g/mol. The van der Waals surface area contributed by atoms with Crippen LogP contribution in [0.5, 0.6) is 0 Å².